The minimum absolute atomic E-state index is 0.465. The van der Waals surface area contributed by atoms with E-state index in [1.807, 2.05) is 11.4 Å². The molecule has 0 aromatic carbocycles. The highest BCUT2D eigenvalue weighted by Crippen LogP contribution is 2.23. The first kappa shape index (κ1) is 14.2. The maximum atomic E-state index is 10.6. The normalized spacial score (nSPS) is 21.0. The van der Waals surface area contributed by atoms with Gasteiger partial charge in [0.15, 0.2) is 0 Å². The summed E-state index contributed by atoms with van der Waals surface area (Å²) < 4.78 is 5.50. The summed E-state index contributed by atoms with van der Waals surface area (Å²) in [6, 6.07) is 2.44. The lowest BCUT2D eigenvalue weighted by atomic mass is 10.1. The first-order valence-corrected chi connectivity index (χ1v) is 7.38. The summed E-state index contributed by atoms with van der Waals surface area (Å²) >= 11 is 1.68. The molecule has 104 valence electrons. The van der Waals surface area contributed by atoms with Gasteiger partial charge in [0.1, 0.15) is 0 Å². The quantitative estimate of drug-likeness (QED) is 0.842. The highest BCUT2D eigenvalue weighted by atomic mass is 32.1. The first-order valence-electron chi connectivity index (χ1n) is 6.50. The van der Waals surface area contributed by atoms with Gasteiger partial charge in [-0.25, -0.2) is 4.79 Å². The summed E-state index contributed by atoms with van der Waals surface area (Å²) in [5.41, 5.74) is 1.01. The summed E-state index contributed by atoms with van der Waals surface area (Å²) in [7, 11) is 0. The smallest absolute Gasteiger partial charge is 0.328 e. The number of aliphatic carboxylic acids is 1. The SMILES string of the molecule is CCC1COCCN1Cc1sccc1/C=C/C(=O)O. The zero-order valence-corrected chi connectivity index (χ0v) is 11.9. The Morgan fingerprint density at radius 3 is 3.26 bits per heavy atom. The molecule has 1 aromatic heterocycles. The molecule has 1 N–H and O–H groups in total. The van der Waals surface area contributed by atoms with Crippen molar-refractivity contribution in [1.29, 1.82) is 0 Å². The molecule has 1 aliphatic heterocycles. The zero-order chi connectivity index (χ0) is 13.7. The van der Waals surface area contributed by atoms with Crippen molar-refractivity contribution < 1.29 is 14.6 Å². The van der Waals surface area contributed by atoms with E-state index in [1.165, 1.54) is 11.0 Å². The van der Waals surface area contributed by atoms with Gasteiger partial charge in [0.05, 0.1) is 13.2 Å². The fraction of sp³-hybridized carbons (Fsp3) is 0.500. The van der Waals surface area contributed by atoms with Gasteiger partial charge in [0.25, 0.3) is 0 Å². The van der Waals surface area contributed by atoms with Crippen LogP contribution in [0.1, 0.15) is 23.8 Å². The van der Waals surface area contributed by atoms with E-state index in [1.54, 1.807) is 17.4 Å². The van der Waals surface area contributed by atoms with Gasteiger partial charge in [0, 0.05) is 30.1 Å². The average molecular weight is 281 g/mol. The van der Waals surface area contributed by atoms with E-state index in [2.05, 4.69) is 11.8 Å². The maximum absolute atomic E-state index is 10.6. The second-order valence-corrected chi connectivity index (χ2v) is 5.58. The third-order valence-electron chi connectivity index (χ3n) is 3.35. The zero-order valence-electron chi connectivity index (χ0n) is 11.0. The van der Waals surface area contributed by atoms with Crippen LogP contribution in [-0.2, 0) is 16.1 Å². The molecule has 0 saturated carbocycles. The van der Waals surface area contributed by atoms with E-state index in [0.29, 0.717) is 6.04 Å². The van der Waals surface area contributed by atoms with Gasteiger partial charge >= 0.3 is 5.97 Å². The van der Waals surface area contributed by atoms with Crippen LogP contribution in [0.25, 0.3) is 6.08 Å². The van der Waals surface area contributed by atoms with Gasteiger partial charge in [-0.2, -0.15) is 0 Å². The summed E-state index contributed by atoms with van der Waals surface area (Å²) in [6.07, 6.45) is 3.95. The van der Waals surface area contributed by atoms with Gasteiger partial charge in [-0.1, -0.05) is 6.92 Å². The van der Waals surface area contributed by atoms with Crippen LogP contribution in [0, 0.1) is 0 Å². The number of morpholine rings is 1. The molecule has 0 bridgehead atoms. The highest BCUT2D eigenvalue weighted by Gasteiger charge is 2.22. The molecule has 0 spiro atoms. The summed E-state index contributed by atoms with van der Waals surface area (Å²) in [5.74, 6) is -0.907. The number of carbonyl (C=O) groups is 1. The fourth-order valence-corrected chi connectivity index (χ4v) is 3.14. The molecule has 1 aliphatic rings. The van der Waals surface area contributed by atoms with Gasteiger partial charge < -0.3 is 9.84 Å². The van der Waals surface area contributed by atoms with Gasteiger partial charge in [0.2, 0.25) is 0 Å². The largest absolute Gasteiger partial charge is 0.478 e. The third-order valence-corrected chi connectivity index (χ3v) is 4.27. The number of carboxylic acid groups (broad SMARTS) is 1. The Bertz CT molecular complexity index is 455. The van der Waals surface area contributed by atoms with Crippen LogP contribution in [0.4, 0.5) is 0 Å². The van der Waals surface area contributed by atoms with Crippen LogP contribution < -0.4 is 0 Å². The Kier molecular flexibility index (Phi) is 5.13. The predicted molar refractivity (Wildman–Crippen MR) is 76.3 cm³/mol. The number of hydrogen-bond acceptors (Lipinski definition) is 4. The second kappa shape index (κ2) is 6.84. The number of nitrogens with zero attached hydrogens (tertiary/aromatic N) is 1. The lowest BCUT2D eigenvalue weighted by Gasteiger charge is -2.34. The maximum Gasteiger partial charge on any atom is 0.328 e. The number of hydrogen-bond donors (Lipinski definition) is 1. The van der Waals surface area contributed by atoms with Crippen molar-refractivity contribution >= 4 is 23.4 Å². The molecular formula is C14H19NO3S. The van der Waals surface area contributed by atoms with Gasteiger partial charge in [-0.15, -0.1) is 11.3 Å². The molecule has 2 rings (SSSR count). The Balaban J connectivity index is 2.06. The van der Waals surface area contributed by atoms with Gasteiger partial charge in [-0.3, -0.25) is 4.90 Å². The Hall–Kier alpha value is -1.17. The van der Waals surface area contributed by atoms with Crippen LogP contribution in [0.3, 0.4) is 0 Å². The van der Waals surface area contributed by atoms with Crippen LogP contribution in [0.2, 0.25) is 0 Å². The van der Waals surface area contributed by atoms with Crippen LogP contribution >= 0.6 is 11.3 Å². The number of ether oxygens (including phenoxy) is 1. The summed E-state index contributed by atoms with van der Waals surface area (Å²) in [4.78, 5) is 14.2. The molecule has 1 aromatic rings. The standard InChI is InChI=1S/C14H19NO3S/c1-2-12-10-18-7-6-15(12)9-13-11(5-8-19-13)3-4-14(16)17/h3-5,8,12H,2,6-7,9-10H2,1H3,(H,16,17)/b4-3+. The lowest BCUT2D eigenvalue weighted by molar-refractivity contribution is -0.131. The molecule has 1 fully saturated rings. The molecule has 0 radical (unpaired) electrons. The van der Waals surface area contributed by atoms with Crippen LogP contribution in [0.15, 0.2) is 17.5 Å². The van der Waals surface area contributed by atoms with E-state index in [0.717, 1.165) is 38.3 Å². The molecule has 2 heterocycles. The summed E-state index contributed by atoms with van der Waals surface area (Å²) in [5, 5.41) is 10.7. The third kappa shape index (κ3) is 3.89. The van der Waals surface area contributed by atoms with Gasteiger partial charge in [-0.05, 0) is 29.5 Å². The Labute approximate surface area is 117 Å². The molecular weight excluding hydrogens is 262 g/mol. The molecule has 1 unspecified atom stereocenters. The van der Waals surface area contributed by atoms with Crippen molar-refractivity contribution in [2.75, 3.05) is 19.8 Å². The Morgan fingerprint density at radius 1 is 1.68 bits per heavy atom. The fourth-order valence-electron chi connectivity index (χ4n) is 2.25. The number of carboxylic acids is 1. The van der Waals surface area contributed by atoms with Crippen molar-refractivity contribution in [3.05, 3.63) is 28.0 Å². The minimum atomic E-state index is -0.907. The van der Waals surface area contributed by atoms with Crippen LogP contribution in [0.5, 0.6) is 0 Å². The molecule has 0 aliphatic carbocycles. The lowest BCUT2D eigenvalue weighted by Crippen LogP contribution is -2.44. The molecule has 5 heteroatoms. The first-order chi connectivity index (χ1) is 9.20. The van der Waals surface area contributed by atoms with Crippen molar-refractivity contribution in [3.8, 4) is 0 Å². The number of rotatable bonds is 5. The predicted octanol–water partition coefficient (Wildman–Crippen LogP) is 2.46. The average Bonchev–Trinajstić information content (AvgIpc) is 2.84. The Morgan fingerprint density at radius 2 is 2.53 bits per heavy atom. The topological polar surface area (TPSA) is 49.8 Å². The van der Waals surface area contributed by atoms with E-state index in [9.17, 15) is 4.79 Å². The van der Waals surface area contributed by atoms with Crippen molar-refractivity contribution in [2.45, 2.75) is 25.9 Å². The van der Waals surface area contributed by atoms with Crippen molar-refractivity contribution in [3.63, 3.8) is 0 Å². The van der Waals surface area contributed by atoms with Crippen molar-refractivity contribution in [2.24, 2.45) is 0 Å². The molecule has 1 atom stereocenters. The van der Waals surface area contributed by atoms with Crippen LogP contribution in [-0.4, -0.2) is 41.8 Å². The van der Waals surface area contributed by atoms with E-state index in [4.69, 9.17) is 9.84 Å². The molecule has 19 heavy (non-hydrogen) atoms. The van der Waals surface area contributed by atoms with Crippen molar-refractivity contribution in [1.82, 2.24) is 4.90 Å². The highest BCUT2D eigenvalue weighted by molar-refractivity contribution is 7.10. The molecule has 4 nitrogen and oxygen atoms in total. The monoisotopic (exact) mass is 281 g/mol. The number of thiophene rings is 1. The minimum Gasteiger partial charge on any atom is -0.478 e. The van der Waals surface area contributed by atoms with E-state index < -0.39 is 5.97 Å². The van der Waals surface area contributed by atoms with E-state index >= 15 is 0 Å². The second-order valence-electron chi connectivity index (χ2n) is 4.58. The molecule has 0 amide bonds. The summed E-state index contributed by atoms with van der Waals surface area (Å²) in [6.45, 7) is 5.56. The van der Waals surface area contributed by atoms with E-state index in [-0.39, 0.29) is 0 Å². The molecule has 1 saturated heterocycles.